The maximum Gasteiger partial charge on any atom is 0.185 e. The van der Waals surface area contributed by atoms with E-state index in [9.17, 15) is 4.79 Å². The minimum Gasteiger partial charge on any atom is -0.289 e. The highest BCUT2D eigenvalue weighted by atomic mass is 16.1. The number of ketones is 1. The molecule has 0 atom stereocenters. The van der Waals surface area contributed by atoms with Crippen LogP contribution in [0.1, 0.15) is 40.5 Å². The van der Waals surface area contributed by atoms with Crippen molar-refractivity contribution >= 4 is 5.78 Å². The van der Waals surface area contributed by atoms with Crippen molar-refractivity contribution in [1.29, 1.82) is 0 Å². The van der Waals surface area contributed by atoms with Gasteiger partial charge in [0.15, 0.2) is 5.78 Å². The average Bonchev–Trinajstić information content (AvgIpc) is 2.37. The molecule has 1 heteroatoms. The molecule has 0 unspecified atom stereocenters. The summed E-state index contributed by atoms with van der Waals surface area (Å²) in [6.07, 6.45) is 18.2. The summed E-state index contributed by atoms with van der Waals surface area (Å²) in [7, 11) is 0. The van der Waals surface area contributed by atoms with E-state index >= 15 is 0 Å². The third-order valence-electron chi connectivity index (χ3n) is 3.86. The molecule has 0 fully saturated rings. The molecular formula is C19H24O. The molecule has 0 aromatic rings. The molecule has 0 bridgehead atoms. The maximum absolute atomic E-state index is 12.1. The SMILES string of the molecule is CC1(C)C=CC(/C=C/C(=O)C2=CCC(C)(C)C=C2)=CC1. The molecule has 0 heterocycles. The van der Waals surface area contributed by atoms with Gasteiger partial charge in [-0.1, -0.05) is 70.2 Å². The van der Waals surface area contributed by atoms with E-state index in [1.807, 2.05) is 18.2 Å². The minimum absolute atomic E-state index is 0.0934. The molecule has 2 rings (SSSR count). The third-order valence-corrected chi connectivity index (χ3v) is 3.86. The summed E-state index contributed by atoms with van der Waals surface area (Å²) < 4.78 is 0. The zero-order valence-corrected chi connectivity index (χ0v) is 12.9. The molecule has 0 aromatic heterocycles. The van der Waals surface area contributed by atoms with Crippen LogP contribution in [0.3, 0.4) is 0 Å². The summed E-state index contributed by atoms with van der Waals surface area (Å²) in [5.41, 5.74) is 2.34. The smallest absolute Gasteiger partial charge is 0.185 e. The van der Waals surface area contributed by atoms with Gasteiger partial charge in [-0.3, -0.25) is 4.79 Å². The number of carbonyl (C=O) groups excluding carboxylic acids is 1. The van der Waals surface area contributed by atoms with Crippen molar-refractivity contribution in [3.05, 3.63) is 59.8 Å². The van der Waals surface area contributed by atoms with Gasteiger partial charge in [0.05, 0.1) is 0 Å². The van der Waals surface area contributed by atoms with Crippen LogP contribution in [0, 0.1) is 10.8 Å². The highest BCUT2D eigenvalue weighted by Gasteiger charge is 2.18. The van der Waals surface area contributed by atoms with Gasteiger partial charge < -0.3 is 0 Å². The highest BCUT2D eigenvalue weighted by Crippen LogP contribution is 2.30. The lowest BCUT2D eigenvalue weighted by Gasteiger charge is -2.22. The first-order valence-electron chi connectivity index (χ1n) is 7.29. The molecule has 2 aliphatic carbocycles. The number of allylic oxidation sites excluding steroid dienone is 10. The zero-order chi connectivity index (χ0) is 14.8. The molecule has 106 valence electrons. The van der Waals surface area contributed by atoms with Gasteiger partial charge in [-0.05, 0) is 35.3 Å². The Kier molecular flexibility index (Phi) is 3.99. The second-order valence-electron chi connectivity index (χ2n) is 7.11. The quantitative estimate of drug-likeness (QED) is 0.663. The van der Waals surface area contributed by atoms with Crippen molar-refractivity contribution in [1.82, 2.24) is 0 Å². The molecule has 20 heavy (non-hydrogen) atoms. The molecule has 0 saturated carbocycles. The largest absolute Gasteiger partial charge is 0.289 e. The number of hydrogen-bond acceptors (Lipinski definition) is 1. The Balaban J connectivity index is 1.98. The van der Waals surface area contributed by atoms with Gasteiger partial charge in [0.25, 0.3) is 0 Å². The van der Waals surface area contributed by atoms with Crippen molar-refractivity contribution in [2.75, 3.05) is 0 Å². The Morgan fingerprint density at radius 1 is 1.00 bits per heavy atom. The Labute approximate surface area is 122 Å². The van der Waals surface area contributed by atoms with E-state index in [-0.39, 0.29) is 16.6 Å². The van der Waals surface area contributed by atoms with Crippen molar-refractivity contribution in [2.45, 2.75) is 40.5 Å². The van der Waals surface area contributed by atoms with Crippen LogP contribution < -0.4 is 0 Å². The molecule has 0 aromatic carbocycles. The van der Waals surface area contributed by atoms with Crippen LogP contribution in [0.5, 0.6) is 0 Å². The lowest BCUT2D eigenvalue weighted by Crippen LogP contribution is -2.11. The molecule has 0 amide bonds. The topological polar surface area (TPSA) is 17.1 Å². The number of rotatable bonds is 3. The van der Waals surface area contributed by atoms with E-state index in [4.69, 9.17) is 0 Å². The van der Waals surface area contributed by atoms with E-state index in [2.05, 4.69) is 52.0 Å². The summed E-state index contributed by atoms with van der Waals surface area (Å²) >= 11 is 0. The zero-order valence-electron chi connectivity index (χ0n) is 12.9. The first-order valence-corrected chi connectivity index (χ1v) is 7.29. The Bertz CT molecular complexity index is 548. The summed E-state index contributed by atoms with van der Waals surface area (Å²) in [5.74, 6) is 0.0934. The van der Waals surface area contributed by atoms with E-state index in [0.717, 1.165) is 24.0 Å². The normalized spacial score (nSPS) is 23.6. The first kappa shape index (κ1) is 14.8. The van der Waals surface area contributed by atoms with Gasteiger partial charge in [-0.15, -0.1) is 0 Å². The van der Waals surface area contributed by atoms with Gasteiger partial charge in [0, 0.05) is 5.57 Å². The molecular weight excluding hydrogens is 244 g/mol. The van der Waals surface area contributed by atoms with Gasteiger partial charge in [-0.25, -0.2) is 0 Å². The van der Waals surface area contributed by atoms with Gasteiger partial charge in [-0.2, -0.15) is 0 Å². The second-order valence-corrected chi connectivity index (χ2v) is 7.11. The predicted octanol–water partition coefficient (Wildman–Crippen LogP) is 4.94. The Morgan fingerprint density at radius 3 is 2.10 bits per heavy atom. The van der Waals surface area contributed by atoms with Gasteiger partial charge >= 0.3 is 0 Å². The average molecular weight is 268 g/mol. The Hall–Kier alpha value is -1.63. The summed E-state index contributed by atoms with van der Waals surface area (Å²) in [6, 6.07) is 0. The van der Waals surface area contributed by atoms with Crippen LogP contribution in [-0.4, -0.2) is 5.78 Å². The van der Waals surface area contributed by atoms with Crippen LogP contribution in [0.15, 0.2) is 59.8 Å². The fourth-order valence-corrected chi connectivity index (χ4v) is 2.24. The Morgan fingerprint density at radius 2 is 1.60 bits per heavy atom. The van der Waals surface area contributed by atoms with Crippen LogP contribution in [0.25, 0.3) is 0 Å². The van der Waals surface area contributed by atoms with Crippen LogP contribution in [0.2, 0.25) is 0 Å². The maximum atomic E-state index is 12.1. The molecule has 0 radical (unpaired) electrons. The van der Waals surface area contributed by atoms with E-state index in [1.165, 1.54) is 0 Å². The minimum atomic E-state index is 0.0934. The fourth-order valence-electron chi connectivity index (χ4n) is 2.24. The standard InChI is InChI=1S/C19H24O/c1-18(2)11-7-15(8-12-18)5-6-17(20)16-9-13-19(3,4)14-10-16/h5-11,13H,12,14H2,1-4H3/b6-5+. The molecule has 0 spiro atoms. The molecule has 1 nitrogen and oxygen atoms in total. The molecule has 0 N–H and O–H groups in total. The van der Waals surface area contributed by atoms with Crippen molar-refractivity contribution in [2.24, 2.45) is 10.8 Å². The summed E-state index contributed by atoms with van der Waals surface area (Å²) in [5, 5.41) is 0. The van der Waals surface area contributed by atoms with Crippen molar-refractivity contribution in [3.63, 3.8) is 0 Å². The second kappa shape index (κ2) is 5.40. The summed E-state index contributed by atoms with van der Waals surface area (Å²) in [6.45, 7) is 8.78. The first-order chi connectivity index (χ1) is 9.27. The third kappa shape index (κ3) is 3.93. The highest BCUT2D eigenvalue weighted by molar-refractivity contribution is 6.06. The monoisotopic (exact) mass is 268 g/mol. The van der Waals surface area contributed by atoms with E-state index in [1.54, 1.807) is 6.08 Å². The number of carbonyl (C=O) groups is 1. The van der Waals surface area contributed by atoms with E-state index < -0.39 is 0 Å². The summed E-state index contributed by atoms with van der Waals surface area (Å²) in [4.78, 5) is 12.1. The van der Waals surface area contributed by atoms with Crippen LogP contribution >= 0.6 is 0 Å². The van der Waals surface area contributed by atoms with Gasteiger partial charge in [0.2, 0.25) is 0 Å². The van der Waals surface area contributed by atoms with Crippen LogP contribution in [-0.2, 0) is 4.79 Å². The van der Waals surface area contributed by atoms with E-state index in [0.29, 0.717) is 0 Å². The van der Waals surface area contributed by atoms with Gasteiger partial charge in [0.1, 0.15) is 0 Å². The van der Waals surface area contributed by atoms with Crippen molar-refractivity contribution in [3.8, 4) is 0 Å². The predicted molar refractivity (Wildman–Crippen MR) is 85.4 cm³/mol. The molecule has 0 aliphatic heterocycles. The fraction of sp³-hybridized carbons (Fsp3) is 0.421. The lowest BCUT2D eigenvalue weighted by molar-refractivity contribution is -0.111. The lowest BCUT2D eigenvalue weighted by atomic mass is 9.83. The molecule has 0 saturated heterocycles. The molecule has 2 aliphatic rings. The van der Waals surface area contributed by atoms with Crippen LogP contribution in [0.4, 0.5) is 0 Å². The van der Waals surface area contributed by atoms with Crippen molar-refractivity contribution < 1.29 is 4.79 Å². The number of hydrogen-bond donors (Lipinski definition) is 0.